The molecule has 0 aliphatic carbocycles. The van der Waals surface area contributed by atoms with E-state index in [1.165, 1.54) is 0 Å². The Morgan fingerprint density at radius 1 is 1.00 bits per heavy atom. The van der Waals surface area contributed by atoms with Crippen LogP contribution in [0.15, 0.2) is 0 Å². The fourth-order valence-corrected chi connectivity index (χ4v) is 0. The van der Waals surface area contributed by atoms with E-state index in [1.807, 2.05) is 0 Å². The summed E-state index contributed by atoms with van der Waals surface area (Å²) >= 11 is 2.31. The standard InChI is InChI=1S/Co.2Li.Ni.O. The van der Waals surface area contributed by atoms with Gasteiger partial charge < -0.3 is 0 Å². The number of hydrogen-bond acceptors (Lipinski definition) is 1. The zero-order valence-corrected chi connectivity index (χ0v) is 5.09. The third kappa shape index (κ3) is 24.0. The zero-order chi connectivity index (χ0) is 2.00. The Bertz CT molecular complexity index is 9.61. The van der Waals surface area contributed by atoms with Gasteiger partial charge in [-0.3, -0.25) is 0 Å². The van der Waals surface area contributed by atoms with Gasteiger partial charge in [-0.25, -0.2) is 0 Å². The van der Waals surface area contributed by atoms with Crippen molar-refractivity contribution in [3.63, 3.8) is 0 Å². The molecule has 1 nitrogen and oxygen atoms in total. The molecule has 0 aliphatic rings. The van der Waals surface area contributed by atoms with Gasteiger partial charge in [-0.05, 0) is 0 Å². The molecule has 0 saturated carbocycles. The number of hydrogen-bond donors (Lipinski definition) is 0. The predicted octanol–water partition coefficient (Wildman–Crippen LogP) is -0.885. The molecule has 0 aromatic rings. The summed E-state index contributed by atoms with van der Waals surface area (Å²) in [6.07, 6.45) is 0. The summed E-state index contributed by atoms with van der Waals surface area (Å²) in [5.74, 6) is 0. The first-order valence-electron chi connectivity index (χ1n) is 0.136. The van der Waals surface area contributed by atoms with E-state index < -0.39 is 0 Å². The molecule has 0 bridgehead atoms. The van der Waals surface area contributed by atoms with Gasteiger partial charge in [-0.1, -0.05) is 0 Å². The second kappa shape index (κ2) is 37.6. The van der Waals surface area contributed by atoms with Crippen LogP contribution >= 0.6 is 0 Å². The molecule has 0 spiro atoms. The first kappa shape index (κ1) is 28.0. The van der Waals surface area contributed by atoms with Crippen LogP contribution in [0, 0.1) is 0 Å². The summed E-state index contributed by atoms with van der Waals surface area (Å²) < 4.78 is 7.94. The normalized spacial score (nSPS) is 1.00. The van der Waals surface area contributed by atoms with Crippen molar-refractivity contribution >= 4 is 37.7 Å². The second-order valence-electron chi connectivity index (χ2n) is 0. The van der Waals surface area contributed by atoms with Crippen LogP contribution in [0.25, 0.3) is 0 Å². The van der Waals surface area contributed by atoms with Crippen LogP contribution in [0.4, 0.5) is 0 Å². The molecule has 0 fully saturated rings. The van der Waals surface area contributed by atoms with Crippen molar-refractivity contribution in [2.75, 3.05) is 0 Å². The van der Waals surface area contributed by atoms with Gasteiger partial charge in [0.2, 0.25) is 0 Å². The van der Waals surface area contributed by atoms with Crippen LogP contribution in [0.1, 0.15) is 0 Å². The van der Waals surface area contributed by atoms with Crippen LogP contribution in [-0.2, 0) is 36.0 Å². The number of rotatable bonds is 0. The molecule has 5 heavy (non-hydrogen) atoms. The minimum absolute atomic E-state index is 0. The third-order valence-corrected chi connectivity index (χ3v) is 0. The fourth-order valence-electron chi connectivity index (χ4n) is 0. The first-order valence-corrected chi connectivity index (χ1v) is 0.561. The van der Waals surface area contributed by atoms with Gasteiger partial charge in [0.25, 0.3) is 0 Å². The van der Waals surface area contributed by atoms with E-state index in [0.717, 1.165) is 0 Å². The van der Waals surface area contributed by atoms with E-state index in [-0.39, 0.29) is 54.2 Å². The molecule has 0 heterocycles. The van der Waals surface area contributed by atoms with E-state index >= 15 is 0 Å². The Morgan fingerprint density at radius 3 is 1.00 bits per heavy atom. The Morgan fingerprint density at radius 2 is 1.00 bits per heavy atom. The van der Waals surface area contributed by atoms with Crippen LogP contribution in [0.3, 0.4) is 0 Å². The molecule has 0 aliphatic heterocycles. The first-order chi connectivity index (χ1) is 1.00. The van der Waals surface area contributed by atoms with Gasteiger partial charge in [-0.15, -0.1) is 0 Å². The van der Waals surface area contributed by atoms with Crippen LogP contribution in [0.2, 0.25) is 0 Å². The Kier molecular flexibility index (Phi) is 211. The van der Waals surface area contributed by atoms with Crippen molar-refractivity contribution < 1.29 is 36.0 Å². The van der Waals surface area contributed by atoms with Crippen molar-refractivity contribution in [3.8, 4) is 0 Å². The quantitative estimate of drug-likeness (QED) is 0.407. The maximum absolute atomic E-state index is 7.94. The summed E-state index contributed by atoms with van der Waals surface area (Å²) in [4.78, 5) is 0. The molecule has 0 aromatic heterocycles. The Labute approximate surface area is 73.1 Å². The average Bonchev–Trinajstić information content (AvgIpc) is 1.00. The molecular weight excluding hydrogens is 148 g/mol. The van der Waals surface area contributed by atoms with E-state index in [9.17, 15) is 0 Å². The molecule has 2 radical (unpaired) electrons. The van der Waals surface area contributed by atoms with Crippen molar-refractivity contribution in [2.24, 2.45) is 0 Å². The van der Waals surface area contributed by atoms with Crippen LogP contribution in [-0.4, -0.2) is 37.7 Å². The van der Waals surface area contributed by atoms with Gasteiger partial charge in [0.05, 0.1) is 0 Å². The van der Waals surface area contributed by atoms with E-state index in [0.29, 0.717) is 0 Å². The van der Waals surface area contributed by atoms with E-state index in [2.05, 4.69) is 15.7 Å². The second-order valence-corrected chi connectivity index (χ2v) is 0. The molecule has 27 valence electrons. The molecular formula is CoLi2NiO. The fraction of sp³-hybridized carbons (Fsp3) is 0. The van der Waals surface area contributed by atoms with Gasteiger partial charge in [0.1, 0.15) is 0 Å². The predicted molar refractivity (Wildman–Crippen MR) is 12.2 cm³/mol. The van der Waals surface area contributed by atoms with Crippen LogP contribution in [0.5, 0.6) is 0 Å². The summed E-state index contributed by atoms with van der Waals surface area (Å²) in [5, 5.41) is 0. The third-order valence-electron chi connectivity index (χ3n) is 0. The monoisotopic (exact) mass is 147 g/mol. The Hall–Kier alpha value is 1.99. The van der Waals surface area contributed by atoms with Gasteiger partial charge in [0, 0.05) is 54.2 Å². The summed E-state index contributed by atoms with van der Waals surface area (Å²) in [6, 6.07) is 0. The maximum atomic E-state index is 7.94. The summed E-state index contributed by atoms with van der Waals surface area (Å²) in [5.41, 5.74) is 0. The topological polar surface area (TPSA) is 17.1 Å². The van der Waals surface area contributed by atoms with Crippen molar-refractivity contribution in [3.05, 3.63) is 0 Å². The van der Waals surface area contributed by atoms with Crippen molar-refractivity contribution in [1.29, 1.82) is 0 Å². The SMILES string of the molecule is [Li].[Li].[Ni].[O]=[Co]. The minimum atomic E-state index is 0. The van der Waals surface area contributed by atoms with E-state index in [1.54, 1.807) is 0 Å². The molecule has 0 atom stereocenters. The van der Waals surface area contributed by atoms with Crippen LogP contribution < -0.4 is 0 Å². The van der Waals surface area contributed by atoms with Gasteiger partial charge in [0.15, 0.2) is 0 Å². The average molecular weight is 148 g/mol. The molecule has 0 unspecified atom stereocenters. The van der Waals surface area contributed by atoms with Gasteiger partial charge in [-0.2, -0.15) is 0 Å². The van der Waals surface area contributed by atoms with E-state index in [4.69, 9.17) is 3.87 Å². The molecule has 5 heteroatoms. The Balaban J connectivity index is -0.00000000167. The van der Waals surface area contributed by atoms with Crippen molar-refractivity contribution in [2.45, 2.75) is 0 Å². The molecule has 0 aromatic carbocycles. The van der Waals surface area contributed by atoms with Crippen molar-refractivity contribution in [1.82, 2.24) is 0 Å². The van der Waals surface area contributed by atoms with Gasteiger partial charge >= 0.3 is 19.5 Å². The summed E-state index contributed by atoms with van der Waals surface area (Å²) in [7, 11) is 0. The molecule has 0 rings (SSSR count). The zero-order valence-electron chi connectivity index (χ0n) is 3.06. The molecule has 0 N–H and O–H groups in total. The summed E-state index contributed by atoms with van der Waals surface area (Å²) in [6.45, 7) is 0. The molecule has 0 amide bonds. The molecule has 0 saturated heterocycles.